The summed E-state index contributed by atoms with van der Waals surface area (Å²) in [5, 5.41) is 7.26. The van der Waals surface area contributed by atoms with Crippen molar-refractivity contribution in [2.45, 2.75) is 6.42 Å². The van der Waals surface area contributed by atoms with Gasteiger partial charge in [0.1, 0.15) is 5.69 Å². The molecule has 0 spiro atoms. The number of carbonyl (C=O) groups is 1. The van der Waals surface area contributed by atoms with Gasteiger partial charge < -0.3 is 10.6 Å². The first kappa shape index (κ1) is 18.2. The van der Waals surface area contributed by atoms with Crippen molar-refractivity contribution in [3.8, 4) is 0 Å². The molecule has 0 saturated heterocycles. The van der Waals surface area contributed by atoms with Gasteiger partial charge in [0.2, 0.25) is 0 Å². The van der Waals surface area contributed by atoms with Crippen LogP contribution in [0.2, 0.25) is 10.0 Å². The topological polar surface area (TPSA) is 54.0 Å². The van der Waals surface area contributed by atoms with Crippen LogP contribution >= 0.6 is 23.2 Å². The van der Waals surface area contributed by atoms with Crippen LogP contribution in [0.15, 0.2) is 66.9 Å². The molecule has 3 aromatic rings. The molecule has 0 bridgehead atoms. The Morgan fingerprint density at radius 1 is 0.962 bits per heavy atom. The van der Waals surface area contributed by atoms with Gasteiger partial charge in [0.25, 0.3) is 5.91 Å². The van der Waals surface area contributed by atoms with Gasteiger partial charge in [-0.15, -0.1) is 0 Å². The summed E-state index contributed by atoms with van der Waals surface area (Å²) in [4.78, 5) is 16.4. The highest BCUT2D eigenvalue weighted by atomic mass is 35.5. The number of aromatic nitrogens is 1. The van der Waals surface area contributed by atoms with Gasteiger partial charge in [-0.1, -0.05) is 47.5 Å². The Hall–Kier alpha value is -2.56. The largest absolute Gasteiger partial charge is 0.383 e. The van der Waals surface area contributed by atoms with E-state index in [1.54, 1.807) is 30.5 Å². The van der Waals surface area contributed by atoms with Crippen molar-refractivity contribution in [1.29, 1.82) is 0 Å². The number of amides is 1. The molecule has 1 heterocycles. The molecule has 0 radical (unpaired) electrons. The molecule has 0 saturated carbocycles. The van der Waals surface area contributed by atoms with Gasteiger partial charge in [-0.05, 0) is 48.4 Å². The zero-order chi connectivity index (χ0) is 18.4. The first-order chi connectivity index (χ1) is 12.6. The molecule has 0 aliphatic rings. The fourth-order valence-electron chi connectivity index (χ4n) is 2.38. The summed E-state index contributed by atoms with van der Waals surface area (Å²) in [7, 11) is 0. The van der Waals surface area contributed by atoms with Gasteiger partial charge >= 0.3 is 0 Å². The quantitative estimate of drug-likeness (QED) is 0.605. The molecule has 0 atom stereocenters. The van der Waals surface area contributed by atoms with E-state index in [0.717, 1.165) is 23.7 Å². The van der Waals surface area contributed by atoms with E-state index in [9.17, 15) is 4.79 Å². The Bertz CT molecular complexity index is 880. The van der Waals surface area contributed by atoms with Crippen LogP contribution in [-0.4, -0.2) is 17.4 Å². The van der Waals surface area contributed by atoms with E-state index in [1.165, 1.54) is 5.56 Å². The number of benzene rings is 2. The number of rotatable bonds is 6. The maximum absolute atomic E-state index is 12.2. The molecular formula is C20H17Cl2N3O. The van der Waals surface area contributed by atoms with Crippen LogP contribution in [0.3, 0.4) is 0 Å². The average molecular weight is 386 g/mol. The standard InChI is InChI=1S/C20H17Cl2N3O/c21-15-7-5-14(6-8-15)11-12-23-16-9-10-19(24-13-16)20(26)25-18-4-2-1-3-17(18)22/h1-10,13,23H,11-12H2,(H,25,26). The predicted molar refractivity (Wildman–Crippen MR) is 107 cm³/mol. The summed E-state index contributed by atoms with van der Waals surface area (Å²) in [6.45, 7) is 0.758. The summed E-state index contributed by atoms with van der Waals surface area (Å²) in [6, 6.07) is 18.4. The van der Waals surface area contributed by atoms with Crippen LogP contribution in [0.1, 0.15) is 16.1 Å². The number of hydrogen-bond acceptors (Lipinski definition) is 3. The Labute approximate surface area is 162 Å². The van der Waals surface area contributed by atoms with Gasteiger partial charge in [0, 0.05) is 11.6 Å². The number of carbonyl (C=O) groups excluding carboxylic acids is 1. The predicted octanol–water partition coefficient (Wildman–Crippen LogP) is 5.30. The lowest BCUT2D eigenvalue weighted by Gasteiger charge is -2.08. The minimum atomic E-state index is -0.300. The van der Waals surface area contributed by atoms with Gasteiger partial charge in [-0.3, -0.25) is 4.79 Å². The molecule has 0 aliphatic heterocycles. The highest BCUT2D eigenvalue weighted by Gasteiger charge is 2.09. The number of nitrogens with one attached hydrogen (secondary N) is 2. The van der Waals surface area contributed by atoms with E-state index in [2.05, 4.69) is 15.6 Å². The summed E-state index contributed by atoms with van der Waals surface area (Å²) < 4.78 is 0. The number of hydrogen-bond donors (Lipinski definition) is 2. The number of halogens is 2. The second-order valence-electron chi connectivity index (χ2n) is 5.67. The number of anilines is 2. The summed E-state index contributed by atoms with van der Waals surface area (Å²) in [5.41, 5.74) is 2.94. The molecule has 0 fully saturated rings. The Balaban J connectivity index is 1.53. The van der Waals surface area contributed by atoms with Gasteiger partial charge in [0.15, 0.2) is 0 Å². The molecule has 1 amide bonds. The Morgan fingerprint density at radius 2 is 1.73 bits per heavy atom. The van der Waals surface area contributed by atoms with Crippen molar-refractivity contribution in [3.05, 3.63) is 88.2 Å². The second-order valence-corrected chi connectivity index (χ2v) is 6.51. The maximum atomic E-state index is 12.2. The fraction of sp³-hybridized carbons (Fsp3) is 0.100. The van der Waals surface area contributed by atoms with Crippen molar-refractivity contribution >= 4 is 40.5 Å². The third kappa shape index (κ3) is 4.97. The van der Waals surface area contributed by atoms with Gasteiger partial charge in [-0.25, -0.2) is 4.98 Å². The third-order valence-corrected chi connectivity index (χ3v) is 4.36. The van der Waals surface area contributed by atoms with Crippen molar-refractivity contribution in [3.63, 3.8) is 0 Å². The van der Waals surface area contributed by atoms with Crippen LogP contribution in [0.4, 0.5) is 11.4 Å². The summed E-state index contributed by atoms with van der Waals surface area (Å²) >= 11 is 11.9. The molecule has 1 aromatic heterocycles. The van der Waals surface area contributed by atoms with Crippen molar-refractivity contribution in [2.24, 2.45) is 0 Å². The highest BCUT2D eigenvalue weighted by Crippen LogP contribution is 2.21. The third-order valence-electron chi connectivity index (χ3n) is 3.77. The van der Waals surface area contributed by atoms with Crippen LogP contribution in [0, 0.1) is 0 Å². The zero-order valence-corrected chi connectivity index (χ0v) is 15.4. The highest BCUT2D eigenvalue weighted by molar-refractivity contribution is 6.33. The molecule has 0 aliphatic carbocycles. The van der Waals surface area contributed by atoms with E-state index in [-0.39, 0.29) is 5.91 Å². The molecular weight excluding hydrogens is 369 g/mol. The molecule has 2 aromatic carbocycles. The first-order valence-electron chi connectivity index (χ1n) is 8.12. The molecule has 2 N–H and O–H groups in total. The smallest absolute Gasteiger partial charge is 0.274 e. The second kappa shape index (κ2) is 8.70. The van der Waals surface area contributed by atoms with Crippen LogP contribution in [0.25, 0.3) is 0 Å². The minimum Gasteiger partial charge on any atom is -0.383 e. The van der Waals surface area contributed by atoms with E-state index in [1.807, 2.05) is 36.4 Å². The average Bonchev–Trinajstić information content (AvgIpc) is 2.66. The van der Waals surface area contributed by atoms with Crippen molar-refractivity contribution in [1.82, 2.24) is 4.98 Å². The van der Waals surface area contributed by atoms with Crippen LogP contribution < -0.4 is 10.6 Å². The van der Waals surface area contributed by atoms with Crippen LogP contribution in [-0.2, 0) is 6.42 Å². The Kier molecular flexibility index (Phi) is 6.10. The Morgan fingerprint density at radius 3 is 2.42 bits per heavy atom. The lowest BCUT2D eigenvalue weighted by Crippen LogP contribution is -2.14. The lowest BCUT2D eigenvalue weighted by atomic mass is 10.1. The van der Waals surface area contributed by atoms with E-state index in [4.69, 9.17) is 23.2 Å². The molecule has 132 valence electrons. The van der Waals surface area contributed by atoms with Crippen molar-refractivity contribution in [2.75, 3.05) is 17.2 Å². The SMILES string of the molecule is O=C(Nc1ccccc1Cl)c1ccc(NCCc2ccc(Cl)cc2)cn1. The molecule has 0 unspecified atom stereocenters. The van der Waals surface area contributed by atoms with E-state index in [0.29, 0.717) is 16.4 Å². The van der Waals surface area contributed by atoms with Gasteiger partial charge in [-0.2, -0.15) is 0 Å². The molecule has 4 nitrogen and oxygen atoms in total. The molecule has 26 heavy (non-hydrogen) atoms. The fourth-order valence-corrected chi connectivity index (χ4v) is 2.69. The van der Waals surface area contributed by atoms with Crippen LogP contribution in [0.5, 0.6) is 0 Å². The first-order valence-corrected chi connectivity index (χ1v) is 8.88. The lowest BCUT2D eigenvalue weighted by molar-refractivity contribution is 0.102. The maximum Gasteiger partial charge on any atom is 0.274 e. The van der Waals surface area contributed by atoms with Crippen molar-refractivity contribution < 1.29 is 4.79 Å². The minimum absolute atomic E-state index is 0.300. The normalized spacial score (nSPS) is 10.4. The summed E-state index contributed by atoms with van der Waals surface area (Å²) in [5.74, 6) is -0.300. The van der Waals surface area contributed by atoms with Gasteiger partial charge in [0.05, 0.1) is 22.6 Å². The number of pyridine rings is 1. The van der Waals surface area contributed by atoms with E-state index < -0.39 is 0 Å². The monoisotopic (exact) mass is 385 g/mol. The van der Waals surface area contributed by atoms with E-state index >= 15 is 0 Å². The zero-order valence-electron chi connectivity index (χ0n) is 13.9. The molecule has 3 rings (SSSR count). The number of nitrogens with zero attached hydrogens (tertiary/aromatic N) is 1. The molecule has 6 heteroatoms. The summed E-state index contributed by atoms with van der Waals surface area (Å²) in [6.07, 6.45) is 2.51. The number of para-hydroxylation sites is 1.